The third-order valence-corrected chi connectivity index (χ3v) is 11.0. The quantitative estimate of drug-likeness (QED) is 0.119. The van der Waals surface area contributed by atoms with E-state index in [-0.39, 0.29) is 70.0 Å². The zero-order valence-electron chi connectivity index (χ0n) is 33.5. The average molecular weight is 883 g/mol. The van der Waals surface area contributed by atoms with Crippen LogP contribution in [0.25, 0.3) is 0 Å². The van der Waals surface area contributed by atoms with E-state index >= 15 is 0 Å². The Morgan fingerprint density at radius 1 is 0.619 bits per heavy atom. The molecule has 4 aliphatic rings. The monoisotopic (exact) mass is 882 g/mol. The molecule has 0 bridgehead atoms. The molecule has 4 aliphatic heterocycles. The molecule has 20 nitrogen and oxygen atoms in total. The van der Waals surface area contributed by atoms with Crippen molar-refractivity contribution >= 4 is 11.6 Å². The largest absolute Gasteiger partial charge is 0.508 e. The lowest BCUT2D eigenvalue weighted by molar-refractivity contribution is -0.354. The first kappa shape index (κ1) is 45.1. The van der Waals surface area contributed by atoms with Crippen LogP contribution in [0.15, 0.2) is 66.7 Å². The summed E-state index contributed by atoms with van der Waals surface area (Å²) in [4.78, 5) is 25.1. The average Bonchev–Trinajstić information content (AvgIpc) is 3.24. The van der Waals surface area contributed by atoms with Crippen LogP contribution in [0.5, 0.6) is 51.7 Å². The number of aliphatic hydroxyl groups excluding tert-OH is 6. The summed E-state index contributed by atoms with van der Waals surface area (Å²) in [6.45, 7) is 0.716. The Morgan fingerprint density at radius 3 is 1.84 bits per heavy atom. The van der Waals surface area contributed by atoms with Crippen LogP contribution in [0.3, 0.4) is 0 Å². The van der Waals surface area contributed by atoms with Crippen LogP contribution in [-0.2, 0) is 14.2 Å². The molecule has 11 N–H and O–H groups in total. The van der Waals surface area contributed by atoms with E-state index in [4.69, 9.17) is 33.2 Å². The van der Waals surface area contributed by atoms with Crippen molar-refractivity contribution in [2.75, 3.05) is 13.7 Å². The van der Waals surface area contributed by atoms with Gasteiger partial charge in [0.1, 0.15) is 100 Å². The van der Waals surface area contributed by atoms with Crippen molar-refractivity contribution in [2.45, 2.75) is 93.4 Å². The maximum Gasteiger partial charge on any atom is 0.229 e. The molecular formula is C43H46O20. The molecule has 63 heavy (non-hydrogen) atoms. The molecule has 20 heteroatoms. The fraction of sp³-hybridized carbons (Fsp3) is 0.395. The van der Waals surface area contributed by atoms with Gasteiger partial charge in [0, 0.05) is 24.3 Å². The van der Waals surface area contributed by atoms with Crippen LogP contribution < -0.4 is 18.9 Å². The first-order valence-corrected chi connectivity index (χ1v) is 19.6. The predicted octanol–water partition coefficient (Wildman–Crippen LogP) is 1.35. The molecule has 0 amide bonds. The van der Waals surface area contributed by atoms with Crippen molar-refractivity contribution in [1.29, 1.82) is 0 Å². The fourth-order valence-corrected chi connectivity index (χ4v) is 7.59. The molecule has 0 radical (unpaired) electrons. The van der Waals surface area contributed by atoms with Crippen LogP contribution in [0.1, 0.15) is 63.8 Å². The van der Waals surface area contributed by atoms with Gasteiger partial charge in [0.15, 0.2) is 35.5 Å². The van der Waals surface area contributed by atoms with E-state index in [1.165, 1.54) is 44.4 Å². The summed E-state index contributed by atoms with van der Waals surface area (Å²) in [7, 11) is 1.44. The maximum atomic E-state index is 12.9. The van der Waals surface area contributed by atoms with Crippen molar-refractivity contribution in [3.8, 4) is 51.7 Å². The van der Waals surface area contributed by atoms with Crippen LogP contribution in [0.2, 0.25) is 0 Å². The molecule has 0 saturated carbocycles. The number of aromatic hydroxyl groups is 5. The van der Waals surface area contributed by atoms with Gasteiger partial charge in [-0.1, -0.05) is 18.2 Å². The molecule has 8 rings (SSSR count). The number of phenolic OH excluding ortho intramolecular Hbond substituents is 5. The highest BCUT2D eigenvalue weighted by Gasteiger charge is 2.51. The molecule has 338 valence electrons. The molecule has 0 aliphatic carbocycles. The summed E-state index contributed by atoms with van der Waals surface area (Å²) < 4.78 is 39.2. The lowest BCUT2D eigenvalue weighted by atomic mass is 9.95. The normalized spacial score (nSPS) is 30.1. The number of fused-ring (bicyclic) bond motifs is 2. The molecular weight excluding hydrogens is 836 g/mol. The molecule has 1 unspecified atom stereocenters. The van der Waals surface area contributed by atoms with Crippen molar-refractivity contribution in [2.24, 2.45) is 0 Å². The van der Waals surface area contributed by atoms with Crippen molar-refractivity contribution < 1.29 is 98.9 Å². The van der Waals surface area contributed by atoms with E-state index in [0.29, 0.717) is 16.9 Å². The summed E-state index contributed by atoms with van der Waals surface area (Å²) >= 11 is 0. The van der Waals surface area contributed by atoms with Gasteiger partial charge in [-0.05, 0) is 42.3 Å². The number of hydrogen-bond acceptors (Lipinski definition) is 20. The van der Waals surface area contributed by atoms with Gasteiger partial charge in [-0.2, -0.15) is 0 Å². The second kappa shape index (κ2) is 18.4. The Bertz CT molecular complexity index is 2300. The van der Waals surface area contributed by atoms with Gasteiger partial charge in [-0.15, -0.1) is 0 Å². The van der Waals surface area contributed by atoms with E-state index in [9.17, 15) is 65.8 Å². The molecule has 2 fully saturated rings. The van der Waals surface area contributed by atoms with Gasteiger partial charge in [0.25, 0.3) is 0 Å². The second-order valence-corrected chi connectivity index (χ2v) is 15.3. The minimum Gasteiger partial charge on any atom is -0.508 e. The number of rotatable bonds is 8. The Balaban J connectivity index is 0.000000227. The second-order valence-electron chi connectivity index (χ2n) is 15.3. The van der Waals surface area contributed by atoms with Gasteiger partial charge >= 0.3 is 0 Å². The number of Topliss-reactive ketones (excluding diaryl/α,β-unsaturated/α-hetero) is 2. The van der Waals surface area contributed by atoms with E-state index < -0.39 is 91.8 Å². The number of ether oxygens (including phenoxy) is 7. The van der Waals surface area contributed by atoms with E-state index in [2.05, 4.69) is 0 Å². The molecule has 4 aromatic carbocycles. The molecule has 12 atom stereocenters. The fourth-order valence-electron chi connectivity index (χ4n) is 7.59. The molecule has 2 saturated heterocycles. The Hall–Kier alpha value is -5.94. The topological polar surface area (TPSA) is 321 Å². The van der Waals surface area contributed by atoms with Crippen molar-refractivity contribution in [3.05, 3.63) is 89.0 Å². The number of ketones is 2. The van der Waals surface area contributed by atoms with Gasteiger partial charge in [-0.3, -0.25) is 9.59 Å². The number of benzene rings is 4. The standard InChI is InChI=1S/C27H32O14.C16H14O6/c1-10-20(32)22(34)24(36)26(37-10)41-25-23(35)21(33)18(9-28)40-27(25)38-13-6-14(30)19-15(31)8-16(39-17(19)7-13)11-2-4-12(29)5-3-11;1-21-13-3-2-8(4-10(13)18)14-7-12(20)16-11(19)5-9(17)6-15(16)22-14/h2-7,10,16,18,20-30,32-36H,8-9H2,1H3;2-6,14,17-19H,7H2,1H3/t10-,16?,18+,20-,21+,22+,23-,24+,25+,26-,27+;14-/m00/s1. The van der Waals surface area contributed by atoms with Gasteiger partial charge in [0.05, 0.1) is 32.7 Å². The van der Waals surface area contributed by atoms with E-state index in [1.54, 1.807) is 24.3 Å². The smallest absolute Gasteiger partial charge is 0.229 e. The molecule has 0 aromatic heterocycles. The van der Waals surface area contributed by atoms with Gasteiger partial charge < -0.3 is 89.3 Å². The summed E-state index contributed by atoms with van der Waals surface area (Å²) in [6, 6.07) is 15.6. The Kier molecular flexibility index (Phi) is 13.2. The third kappa shape index (κ3) is 9.25. The van der Waals surface area contributed by atoms with Crippen LogP contribution in [0.4, 0.5) is 0 Å². The lowest BCUT2D eigenvalue weighted by Gasteiger charge is -2.45. The minimum absolute atomic E-state index is 0.0149. The van der Waals surface area contributed by atoms with Crippen LogP contribution in [0, 0.1) is 0 Å². The molecule has 4 heterocycles. The summed E-state index contributed by atoms with van der Waals surface area (Å²) in [5.74, 6) is -1.36. The lowest BCUT2D eigenvalue weighted by Crippen LogP contribution is -2.64. The zero-order chi connectivity index (χ0) is 45.4. The van der Waals surface area contributed by atoms with Crippen molar-refractivity contribution in [1.82, 2.24) is 0 Å². The first-order chi connectivity index (χ1) is 30.0. The number of hydrogen-bond donors (Lipinski definition) is 11. The highest BCUT2D eigenvalue weighted by atomic mass is 16.8. The van der Waals surface area contributed by atoms with Gasteiger partial charge in [0.2, 0.25) is 6.29 Å². The molecule has 0 spiro atoms. The highest BCUT2D eigenvalue weighted by molar-refractivity contribution is 6.03. The minimum atomic E-state index is -1.75. The van der Waals surface area contributed by atoms with Crippen molar-refractivity contribution in [3.63, 3.8) is 0 Å². The van der Waals surface area contributed by atoms with Gasteiger partial charge in [-0.25, -0.2) is 0 Å². The maximum absolute atomic E-state index is 12.9. The number of aliphatic hydroxyl groups is 6. The first-order valence-electron chi connectivity index (χ1n) is 19.6. The Labute approximate surface area is 357 Å². The van der Waals surface area contributed by atoms with E-state index in [0.717, 1.165) is 12.1 Å². The highest BCUT2D eigenvalue weighted by Crippen LogP contribution is 2.44. The number of carbonyl (C=O) groups is 2. The van der Waals surface area contributed by atoms with Crippen LogP contribution in [-0.4, -0.2) is 143 Å². The summed E-state index contributed by atoms with van der Waals surface area (Å²) in [5.41, 5.74) is 1.19. The SMILES string of the molecule is COc1ccc([C@@H]2CC(=O)c3c(O)cc(O)cc3O2)cc1O.C[C@@H]1O[C@@H](O[C@H]2[C@H](Oc3cc(O)c4c(c3)OC(c3ccc(O)cc3)CC4=O)O[C@H](CO)[C@@H](O)[C@@H]2O)[C@H](O)[C@H](O)[C@H]1O. The molecule has 4 aromatic rings. The number of carbonyl (C=O) groups excluding carboxylic acids is 2. The zero-order valence-corrected chi connectivity index (χ0v) is 33.5. The summed E-state index contributed by atoms with van der Waals surface area (Å²) in [5, 5.41) is 111. The number of phenols is 5. The predicted molar refractivity (Wildman–Crippen MR) is 211 cm³/mol. The van der Waals surface area contributed by atoms with E-state index in [1.807, 2.05) is 0 Å². The summed E-state index contributed by atoms with van der Waals surface area (Å²) in [6.07, 6.45) is -16.6. The number of methoxy groups -OCH3 is 1. The van der Waals surface area contributed by atoms with Crippen LogP contribution >= 0.6 is 0 Å². The Morgan fingerprint density at radius 2 is 1.22 bits per heavy atom. The third-order valence-electron chi connectivity index (χ3n) is 11.0.